The van der Waals surface area contributed by atoms with E-state index in [2.05, 4.69) is 11.0 Å². The van der Waals surface area contributed by atoms with Crippen molar-refractivity contribution in [2.75, 3.05) is 27.2 Å². The average Bonchev–Trinajstić information content (AvgIpc) is 2.93. The third-order valence-electron chi connectivity index (χ3n) is 10.1. The highest BCUT2D eigenvalue weighted by Gasteiger charge is 2.55. The average molecular weight is 562 g/mol. The molecule has 2 saturated carbocycles. The summed E-state index contributed by atoms with van der Waals surface area (Å²) in [6, 6.07) is 3.36. The van der Waals surface area contributed by atoms with Crippen molar-refractivity contribution < 1.29 is 29.7 Å². The van der Waals surface area contributed by atoms with E-state index in [1.807, 2.05) is 6.07 Å². The number of nitrogens with two attached hydrogens (primary N) is 1. The van der Waals surface area contributed by atoms with E-state index in [0.717, 1.165) is 30.6 Å². The van der Waals surface area contributed by atoms with Crippen molar-refractivity contribution in [3.8, 4) is 5.75 Å². The first-order chi connectivity index (χ1) is 19.6. The second-order valence-corrected chi connectivity index (χ2v) is 12.6. The maximum absolute atomic E-state index is 13.9. The van der Waals surface area contributed by atoms with Crippen LogP contribution in [-0.2, 0) is 20.8 Å². The molecule has 4 atom stereocenters. The molecular formula is C32H39N3O6. The Morgan fingerprint density at radius 3 is 2.41 bits per heavy atom. The van der Waals surface area contributed by atoms with Gasteiger partial charge in [0.25, 0.3) is 5.91 Å². The Hall–Kier alpha value is -3.43. The fraction of sp³-hybridized carbons (Fsp3) is 0.531. The number of fused-ring (bicyclic) bond motifs is 3. The van der Waals surface area contributed by atoms with Crippen LogP contribution in [0.25, 0.3) is 11.3 Å². The van der Waals surface area contributed by atoms with Gasteiger partial charge in [-0.05, 0) is 80.8 Å². The zero-order valence-corrected chi connectivity index (χ0v) is 23.7. The maximum atomic E-state index is 13.9. The number of amides is 1. The molecule has 4 aliphatic carbocycles. The molecule has 2 fully saturated rings. The lowest BCUT2D eigenvalue weighted by Gasteiger charge is -2.46. The fourth-order valence-electron chi connectivity index (χ4n) is 8.27. The highest BCUT2D eigenvalue weighted by molar-refractivity contribution is 6.28. The molecule has 1 aromatic carbocycles. The zero-order valence-electron chi connectivity index (χ0n) is 23.7. The minimum atomic E-state index is -1.24. The Morgan fingerprint density at radius 1 is 1.05 bits per heavy atom. The normalized spacial score (nSPS) is 29.3. The molecule has 0 bridgehead atoms. The summed E-state index contributed by atoms with van der Waals surface area (Å²) in [6.45, 7) is 1.83. The molecule has 3 unspecified atom stereocenters. The van der Waals surface area contributed by atoms with E-state index in [9.17, 15) is 29.7 Å². The van der Waals surface area contributed by atoms with Crippen LogP contribution in [0, 0.1) is 17.8 Å². The Balaban J connectivity index is 1.38. The largest absolute Gasteiger partial charge is 0.510 e. The first-order valence-corrected chi connectivity index (χ1v) is 14.8. The van der Waals surface area contributed by atoms with E-state index >= 15 is 0 Å². The molecule has 41 heavy (non-hydrogen) atoms. The summed E-state index contributed by atoms with van der Waals surface area (Å²) in [5.74, 6) is -5.50. The van der Waals surface area contributed by atoms with Gasteiger partial charge in [0.15, 0.2) is 11.6 Å². The van der Waals surface area contributed by atoms with E-state index in [-0.39, 0.29) is 22.6 Å². The van der Waals surface area contributed by atoms with Crippen LogP contribution < -0.4 is 5.73 Å². The van der Waals surface area contributed by atoms with E-state index in [1.165, 1.54) is 37.7 Å². The van der Waals surface area contributed by atoms with Crippen molar-refractivity contribution in [3.05, 3.63) is 51.8 Å². The third-order valence-corrected chi connectivity index (χ3v) is 10.1. The number of hydrogen-bond acceptors (Lipinski definition) is 8. The summed E-state index contributed by atoms with van der Waals surface area (Å²) in [5.41, 5.74) is 8.22. The number of aliphatic hydroxyl groups is 2. The summed E-state index contributed by atoms with van der Waals surface area (Å²) in [6.07, 6.45) is 10.3. The Labute approximate surface area is 240 Å². The van der Waals surface area contributed by atoms with Crippen LogP contribution >= 0.6 is 0 Å². The molecule has 0 saturated heterocycles. The second kappa shape index (κ2) is 10.4. The van der Waals surface area contributed by atoms with Crippen molar-refractivity contribution in [1.29, 1.82) is 0 Å². The number of Topliss-reactive ketones (excluding diaryl/α,β-unsaturated/α-hetero) is 2. The van der Waals surface area contributed by atoms with E-state index in [1.54, 1.807) is 25.1 Å². The number of ketones is 2. The van der Waals surface area contributed by atoms with Crippen molar-refractivity contribution in [2.45, 2.75) is 63.5 Å². The number of aliphatic hydroxyl groups excluding tert-OH is 2. The SMILES string of the molecule is CN(C)[C@@H]1C(O)=C(C(N)=O)C(=O)C2C(=O)C3=C(O)c4c(O)ccc(C5=CCN(C6CCCCC6)CC5)c4CC3CC21. The number of aromatic hydroxyl groups is 1. The molecule has 1 amide bonds. The number of benzene rings is 1. The predicted octanol–water partition coefficient (Wildman–Crippen LogP) is 3.27. The molecule has 0 aromatic heterocycles. The Bertz CT molecular complexity index is 1420. The van der Waals surface area contributed by atoms with Crippen LogP contribution in [0.4, 0.5) is 0 Å². The number of likely N-dealkylation sites (N-methyl/N-ethyl adjacent to an activating group) is 1. The first-order valence-electron chi connectivity index (χ1n) is 14.8. The van der Waals surface area contributed by atoms with Gasteiger partial charge in [-0.1, -0.05) is 31.4 Å². The molecule has 9 heteroatoms. The van der Waals surface area contributed by atoms with Crippen LogP contribution in [0.15, 0.2) is 35.1 Å². The number of nitrogens with zero attached hydrogens (tertiary/aromatic N) is 2. The predicted molar refractivity (Wildman–Crippen MR) is 154 cm³/mol. The number of carbonyl (C=O) groups excluding carboxylic acids is 3. The smallest absolute Gasteiger partial charge is 0.255 e. The minimum Gasteiger partial charge on any atom is -0.510 e. The van der Waals surface area contributed by atoms with Gasteiger partial charge in [-0.2, -0.15) is 0 Å². The van der Waals surface area contributed by atoms with Crippen molar-refractivity contribution >= 4 is 28.8 Å². The van der Waals surface area contributed by atoms with Gasteiger partial charge in [0.05, 0.1) is 17.5 Å². The molecule has 9 nitrogen and oxygen atoms in total. The van der Waals surface area contributed by atoms with Crippen LogP contribution in [0.1, 0.15) is 61.6 Å². The molecule has 1 heterocycles. The Kier molecular flexibility index (Phi) is 7.06. The number of phenols is 1. The van der Waals surface area contributed by atoms with Crippen LogP contribution in [0.2, 0.25) is 0 Å². The lowest BCUT2D eigenvalue weighted by molar-refractivity contribution is -0.136. The van der Waals surface area contributed by atoms with Crippen molar-refractivity contribution in [2.24, 2.45) is 23.5 Å². The van der Waals surface area contributed by atoms with E-state index < -0.39 is 52.6 Å². The maximum Gasteiger partial charge on any atom is 0.255 e. The lowest BCUT2D eigenvalue weighted by atomic mass is 9.59. The van der Waals surface area contributed by atoms with Gasteiger partial charge in [0.1, 0.15) is 22.8 Å². The number of primary amides is 1. The zero-order chi connectivity index (χ0) is 29.2. The molecular weight excluding hydrogens is 522 g/mol. The van der Waals surface area contributed by atoms with Crippen LogP contribution in [0.3, 0.4) is 0 Å². The molecule has 1 aromatic rings. The number of phenolic OH excluding ortho intramolecular Hbond substituents is 1. The van der Waals surface area contributed by atoms with Gasteiger partial charge in [-0.15, -0.1) is 0 Å². The highest BCUT2D eigenvalue weighted by atomic mass is 16.3. The molecule has 0 spiro atoms. The van der Waals surface area contributed by atoms with Crippen molar-refractivity contribution in [1.82, 2.24) is 9.80 Å². The van der Waals surface area contributed by atoms with Gasteiger partial charge in [-0.25, -0.2) is 0 Å². The molecule has 0 radical (unpaired) electrons. The van der Waals surface area contributed by atoms with Gasteiger partial charge in [0, 0.05) is 24.7 Å². The van der Waals surface area contributed by atoms with Crippen LogP contribution in [-0.4, -0.2) is 81.9 Å². The van der Waals surface area contributed by atoms with Crippen LogP contribution in [0.5, 0.6) is 5.75 Å². The second-order valence-electron chi connectivity index (χ2n) is 12.6. The first kappa shape index (κ1) is 27.7. The molecule has 1 aliphatic heterocycles. The lowest BCUT2D eigenvalue weighted by Crippen LogP contribution is -2.55. The molecule has 5 aliphatic rings. The van der Waals surface area contributed by atoms with Gasteiger partial charge < -0.3 is 21.1 Å². The standard InChI is InChI=1S/C32H39N3O6/c1-34(2)27-21-15-17-14-20-19(16-10-12-35(13-11-16)18-6-4-3-5-7-18)8-9-22(36)24(20)28(37)23(17)29(38)25(21)30(39)26(31(27)40)32(33)41/h8-10,17-18,21,25,27,36-37,40H,3-7,11-15H2,1-2H3,(H2,33,41)/t17?,21?,25?,27-/m0/s1. The van der Waals surface area contributed by atoms with E-state index in [0.29, 0.717) is 18.9 Å². The van der Waals surface area contributed by atoms with Gasteiger partial charge in [-0.3, -0.25) is 24.2 Å². The molecule has 5 N–H and O–H groups in total. The van der Waals surface area contributed by atoms with Gasteiger partial charge >= 0.3 is 0 Å². The topological polar surface area (TPSA) is 144 Å². The van der Waals surface area contributed by atoms with Gasteiger partial charge in [0.2, 0.25) is 0 Å². The summed E-state index contributed by atoms with van der Waals surface area (Å²) < 4.78 is 0. The molecule has 6 rings (SSSR count). The number of carbonyl (C=O) groups is 3. The number of allylic oxidation sites excluding steroid dienone is 1. The van der Waals surface area contributed by atoms with Crippen molar-refractivity contribution in [3.63, 3.8) is 0 Å². The summed E-state index contributed by atoms with van der Waals surface area (Å²) in [5, 5.41) is 33.3. The number of rotatable bonds is 4. The highest BCUT2D eigenvalue weighted by Crippen LogP contribution is 2.51. The quantitative estimate of drug-likeness (QED) is 0.324. The molecule has 218 valence electrons. The summed E-state index contributed by atoms with van der Waals surface area (Å²) >= 11 is 0. The third kappa shape index (κ3) is 4.41. The fourth-order valence-corrected chi connectivity index (χ4v) is 8.27. The summed E-state index contributed by atoms with van der Waals surface area (Å²) in [4.78, 5) is 43.7. The summed E-state index contributed by atoms with van der Waals surface area (Å²) in [7, 11) is 3.44. The van der Waals surface area contributed by atoms with E-state index in [4.69, 9.17) is 5.73 Å². The Morgan fingerprint density at radius 2 is 1.78 bits per heavy atom. The monoisotopic (exact) mass is 561 g/mol. The minimum absolute atomic E-state index is 0.112. The number of hydrogen-bond donors (Lipinski definition) is 4.